The van der Waals surface area contributed by atoms with Crippen molar-refractivity contribution in [2.75, 3.05) is 5.32 Å². The van der Waals surface area contributed by atoms with E-state index in [-0.39, 0.29) is 5.91 Å². The predicted molar refractivity (Wildman–Crippen MR) is 128 cm³/mol. The number of aromatic nitrogens is 2. The highest BCUT2D eigenvalue weighted by atomic mass is 35.5. The van der Waals surface area contributed by atoms with Crippen LogP contribution in [-0.2, 0) is 26.0 Å². The number of hydrogen-bond donors (Lipinski definition) is 1. The zero-order valence-electron chi connectivity index (χ0n) is 17.4. The van der Waals surface area contributed by atoms with Crippen LogP contribution in [0.4, 0.5) is 5.69 Å². The molecular weight excluding hydrogens is 442 g/mol. The molecule has 0 spiro atoms. The third-order valence-corrected chi connectivity index (χ3v) is 6.73. The molecule has 0 fully saturated rings. The van der Waals surface area contributed by atoms with Crippen LogP contribution in [0.2, 0.25) is 5.02 Å². The van der Waals surface area contributed by atoms with E-state index in [4.69, 9.17) is 16.3 Å². The lowest BCUT2D eigenvalue weighted by molar-refractivity contribution is 0.103. The molecule has 1 amide bonds. The van der Waals surface area contributed by atoms with Gasteiger partial charge in [-0.15, -0.1) is 11.3 Å². The monoisotopic (exact) mass is 463 g/mol. The average molecular weight is 464 g/mol. The SMILES string of the molecule is O=C(Nc1cnn(Cc2ccc(Cl)cc2)c1)c1cc(COc2ccc3c(c2)CCC3)cs1. The fourth-order valence-corrected chi connectivity index (χ4v) is 4.78. The second-order valence-corrected chi connectivity index (χ2v) is 9.25. The number of aryl methyl sites for hydroxylation is 2. The molecule has 5 nitrogen and oxygen atoms in total. The molecule has 2 aromatic heterocycles. The number of anilines is 1. The summed E-state index contributed by atoms with van der Waals surface area (Å²) in [5, 5.41) is 9.91. The number of nitrogens with zero attached hydrogens (tertiary/aromatic N) is 2. The molecule has 32 heavy (non-hydrogen) atoms. The number of rotatable bonds is 7. The number of hydrogen-bond acceptors (Lipinski definition) is 4. The lowest BCUT2D eigenvalue weighted by Gasteiger charge is -2.07. The van der Waals surface area contributed by atoms with Crippen molar-refractivity contribution in [2.24, 2.45) is 0 Å². The van der Waals surface area contributed by atoms with Gasteiger partial charge in [-0.05, 0) is 71.7 Å². The predicted octanol–water partition coefficient (Wildman–Crippen LogP) is 5.97. The van der Waals surface area contributed by atoms with E-state index in [1.807, 2.05) is 48.0 Å². The number of benzene rings is 2. The van der Waals surface area contributed by atoms with Crippen LogP contribution in [0.3, 0.4) is 0 Å². The first-order valence-electron chi connectivity index (χ1n) is 10.5. The summed E-state index contributed by atoms with van der Waals surface area (Å²) in [6.07, 6.45) is 6.99. The normalized spacial score (nSPS) is 12.5. The Morgan fingerprint density at radius 1 is 1.09 bits per heavy atom. The molecule has 0 unspecified atom stereocenters. The van der Waals surface area contributed by atoms with E-state index in [2.05, 4.69) is 22.5 Å². The van der Waals surface area contributed by atoms with Crippen molar-refractivity contribution >= 4 is 34.5 Å². The van der Waals surface area contributed by atoms with Crippen LogP contribution in [-0.4, -0.2) is 15.7 Å². The highest BCUT2D eigenvalue weighted by Crippen LogP contribution is 2.27. The molecule has 2 aromatic carbocycles. The Kier molecular flexibility index (Phi) is 5.97. The van der Waals surface area contributed by atoms with Crippen molar-refractivity contribution in [2.45, 2.75) is 32.4 Å². The highest BCUT2D eigenvalue weighted by Gasteiger charge is 2.13. The summed E-state index contributed by atoms with van der Waals surface area (Å²) >= 11 is 7.34. The summed E-state index contributed by atoms with van der Waals surface area (Å²) in [7, 11) is 0. The molecule has 4 aromatic rings. The van der Waals surface area contributed by atoms with Crippen LogP contribution < -0.4 is 10.1 Å². The summed E-state index contributed by atoms with van der Waals surface area (Å²) in [5.41, 5.74) is 5.56. The molecule has 5 rings (SSSR count). The Bertz CT molecular complexity index is 1250. The van der Waals surface area contributed by atoms with Gasteiger partial charge in [0, 0.05) is 16.8 Å². The summed E-state index contributed by atoms with van der Waals surface area (Å²) in [6.45, 7) is 1.05. The van der Waals surface area contributed by atoms with E-state index in [0.717, 1.165) is 23.3 Å². The molecule has 2 heterocycles. The van der Waals surface area contributed by atoms with Gasteiger partial charge in [-0.25, -0.2) is 0 Å². The first-order chi connectivity index (χ1) is 15.6. The summed E-state index contributed by atoms with van der Waals surface area (Å²) < 4.78 is 7.73. The van der Waals surface area contributed by atoms with Crippen molar-refractivity contribution in [3.63, 3.8) is 0 Å². The van der Waals surface area contributed by atoms with E-state index in [9.17, 15) is 4.79 Å². The minimum atomic E-state index is -0.148. The Morgan fingerprint density at radius 3 is 2.81 bits per heavy atom. The van der Waals surface area contributed by atoms with Gasteiger partial charge >= 0.3 is 0 Å². The van der Waals surface area contributed by atoms with Crippen LogP contribution in [0.5, 0.6) is 5.75 Å². The first kappa shape index (κ1) is 20.8. The minimum absolute atomic E-state index is 0.148. The van der Waals surface area contributed by atoms with E-state index in [1.165, 1.54) is 35.3 Å². The third kappa shape index (κ3) is 4.87. The summed E-state index contributed by atoms with van der Waals surface area (Å²) in [5.74, 6) is 0.737. The number of carbonyl (C=O) groups excluding carboxylic acids is 1. The van der Waals surface area contributed by atoms with Gasteiger partial charge in [0.05, 0.1) is 23.3 Å². The maximum Gasteiger partial charge on any atom is 0.265 e. The second kappa shape index (κ2) is 9.18. The summed E-state index contributed by atoms with van der Waals surface area (Å²) in [4.78, 5) is 13.3. The zero-order valence-corrected chi connectivity index (χ0v) is 19.0. The van der Waals surface area contributed by atoms with Crippen molar-refractivity contribution in [1.82, 2.24) is 9.78 Å². The molecule has 1 aliphatic carbocycles. The van der Waals surface area contributed by atoms with Gasteiger partial charge in [0.1, 0.15) is 12.4 Å². The molecule has 0 bridgehead atoms. The molecule has 1 N–H and O–H groups in total. The third-order valence-electron chi connectivity index (χ3n) is 5.50. The zero-order chi connectivity index (χ0) is 21.9. The lowest BCUT2D eigenvalue weighted by atomic mass is 10.1. The van der Waals surface area contributed by atoms with Crippen LogP contribution in [0.25, 0.3) is 0 Å². The smallest absolute Gasteiger partial charge is 0.265 e. The number of amides is 1. The van der Waals surface area contributed by atoms with Gasteiger partial charge in [0.25, 0.3) is 5.91 Å². The number of nitrogens with one attached hydrogen (secondary N) is 1. The second-order valence-electron chi connectivity index (χ2n) is 7.90. The molecule has 0 atom stereocenters. The van der Waals surface area contributed by atoms with Crippen molar-refractivity contribution in [1.29, 1.82) is 0 Å². The van der Waals surface area contributed by atoms with Gasteiger partial charge in [-0.1, -0.05) is 29.8 Å². The van der Waals surface area contributed by atoms with Crippen LogP contribution in [0.15, 0.2) is 66.3 Å². The van der Waals surface area contributed by atoms with E-state index in [0.29, 0.717) is 28.7 Å². The molecule has 0 saturated heterocycles. The number of ether oxygens (including phenoxy) is 1. The maximum atomic E-state index is 12.6. The molecule has 0 radical (unpaired) electrons. The van der Waals surface area contributed by atoms with Crippen molar-refractivity contribution in [3.05, 3.63) is 98.5 Å². The number of fused-ring (bicyclic) bond motifs is 1. The molecule has 162 valence electrons. The number of halogens is 1. The van der Waals surface area contributed by atoms with Gasteiger partial charge in [0.15, 0.2) is 0 Å². The van der Waals surface area contributed by atoms with Crippen LogP contribution >= 0.6 is 22.9 Å². The fourth-order valence-electron chi connectivity index (χ4n) is 3.86. The van der Waals surface area contributed by atoms with E-state index >= 15 is 0 Å². The Labute approximate surface area is 195 Å². The first-order valence-corrected chi connectivity index (χ1v) is 11.8. The van der Waals surface area contributed by atoms with Gasteiger partial charge in [0.2, 0.25) is 0 Å². The van der Waals surface area contributed by atoms with Crippen molar-refractivity contribution < 1.29 is 9.53 Å². The molecule has 0 aliphatic heterocycles. The minimum Gasteiger partial charge on any atom is -0.489 e. The van der Waals surface area contributed by atoms with Gasteiger partial charge in [-0.3, -0.25) is 9.48 Å². The molecule has 0 saturated carbocycles. The standard InChI is InChI=1S/C25H22ClN3O2S/c26-21-7-4-17(5-8-21)13-29-14-22(12-27-29)28-25(30)24-10-18(16-32-24)15-31-23-9-6-19-2-1-3-20(19)11-23/h4-12,14,16H,1-3,13,15H2,(H,28,30). The number of thiophene rings is 1. The molecule has 7 heteroatoms. The van der Waals surface area contributed by atoms with E-state index in [1.54, 1.807) is 10.9 Å². The maximum absolute atomic E-state index is 12.6. The van der Waals surface area contributed by atoms with Crippen LogP contribution in [0.1, 0.15) is 38.3 Å². The Hall–Kier alpha value is -3.09. The summed E-state index contributed by atoms with van der Waals surface area (Å²) in [6, 6.07) is 15.8. The quantitative estimate of drug-likeness (QED) is 0.367. The lowest BCUT2D eigenvalue weighted by Crippen LogP contribution is -2.09. The Balaban J connectivity index is 1.16. The molecule has 1 aliphatic rings. The number of carbonyl (C=O) groups is 1. The van der Waals surface area contributed by atoms with Gasteiger partial charge < -0.3 is 10.1 Å². The van der Waals surface area contributed by atoms with Crippen molar-refractivity contribution in [3.8, 4) is 5.75 Å². The Morgan fingerprint density at radius 2 is 1.94 bits per heavy atom. The average Bonchev–Trinajstić information content (AvgIpc) is 3.54. The molecular formula is C25H22ClN3O2S. The van der Waals surface area contributed by atoms with Crippen LogP contribution in [0, 0.1) is 0 Å². The van der Waals surface area contributed by atoms with E-state index < -0.39 is 0 Å². The largest absolute Gasteiger partial charge is 0.489 e. The fraction of sp³-hybridized carbons (Fsp3) is 0.200. The van der Waals surface area contributed by atoms with Gasteiger partial charge in [-0.2, -0.15) is 5.10 Å². The highest BCUT2D eigenvalue weighted by molar-refractivity contribution is 7.12. The topological polar surface area (TPSA) is 56.2 Å².